The molecule has 0 fully saturated rings. The van der Waals surface area contributed by atoms with Gasteiger partial charge in [0.2, 0.25) is 5.91 Å². The molecule has 0 spiro atoms. The lowest BCUT2D eigenvalue weighted by molar-refractivity contribution is -0.136. The van der Waals surface area contributed by atoms with Crippen molar-refractivity contribution in [2.24, 2.45) is 0 Å². The first-order chi connectivity index (χ1) is 15.0. The van der Waals surface area contributed by atoms with Crippen LogP contribution in [0.2, 0.25) is 0 Å². The van der Waals surface area contributed by atoms with Gasteiger partial charge < -0.3 is 20.1 Å². The van der Waals surface area contributed by atoms with E-state index in [2.05, 4.69) is 10.6 Å². The van der Waals surface area contributed by atoms with E-state index in [0.717, 1.165) is 5.56 Å². The third kappa shape index (κ3) is 3.96. The molecule has 0 aliphatic carbocycles. The lowest BCUT2D eigenvalue weighted by atomic mass is 9.95. The molecule has 3 amide bonds. The van der Waals surface area contributed by atoms with E-state index < -0.39 is 18.0 Å². The van der Waals surface area contributed by atoms with Crippen molar-refractivity contribution in [1.29, 1.82) is 0 Å². The molecule has 0 saturated heterocycles. The van der Waals surface area contributed by atoms with Crippen molar-refractivity contribution in [3.63, 3.8) is 0 Å². The molecule has 8 heteroatoms. The highest BCUT2D eigenvalue weighted by molar-refractivity contribution is 6.00. The highest BCUT2D eigenvalue weighted by Crippen LogP contribution is 2.38. The molecule has 0 radical (unpaired) electrons. The Morgan fingerprint density at radius 2 is 1.94 bits per heavy atom. The maximum Gasteiger partial charge on any atom is 0.338 e. The van der Waals surface area contributed by atoms with Crippen LogP contribution in [0.25, 0.3) is 0 Å². The number of carbonyl (C=O) groups excluding carboxylic acids is 3. The molecule has 0 aromatic heterocycles. The fourth-order valence-corrected chi connectivity index (χ4v) is 3.76. The van der Waals surface area contributed by atoms with Crippen LogP contribution in [-0.4, -0.2) is 42.6 Å². The number of anilines is 1. The van der Waals surface area contributed by atoms with E-state index in [1.165, 1.54) is 4.90 Å². The zero-order valence-electron chi connectivity index (χ0n) is 17.3. The van der Waals surface area contributed by atoms with Crippen molar-refractivity contribution in [3.05, 3.63) is 70.9 Å². The Morgan fingerprint density at radius 1 is 1.19 bits per heavy atom. The third-order valence-corrected chi connectivity index (χ3v) is 5.25. The molecule has 2 aromatic carbocycles. The second-order valence-corrected chi connectivity index (χ2v) is 7.24. The second-order valence-electron chi connectivity index (χ2n) is 7.24. The summed E-state index contributed by atoms with van der Waals surface area (Å²) in [6, 6.07) is 13.4. The largest absolute Gasteiger partial charge is 0.494 e. The molecule has 1 unspecified atom stereocenters. The van der Waals surface area contributed by atoms with Crippen molar-refractivity contribution in [3.8, 4) is 5.75 Å². The smallest absolute Gasteiger partial charge is 0.338 e. The van der Waals surface area contributed by atoms with Gasteiger partial charge in [-0.2, -0.15) is 0 Å². The minimum absolute atomic E-state index is 0.0630. The summed E-state index contributed by atoms with van der Waals surface area (Å²) in [5.74, 6) is -0.313. The summed E-state index contributed by atoms with van der Waals surface area (Å²) in [6.45, 7) is 3.88. The Balaban J connectivity index is 1.63. The minimum atomic E-state index is -0.712. The molecule has 1 atom stereocenters. The van der Waals surface area contributed by atoms with Crippen molar-refractivity contribution in [2.45, 2.75) is 19.9 Å². The number of carbonyl (C=O) groups is 3. The number of ether oxygens (including phenoxy) is 2. The number of hydrogen-bond acceptors (Lipinski definition) is 5. The van der Waals surface area contributed by atoms with Gasteiger partial charge in [-0.25, -0.2) is 9.59 Å². The molecular formula is C23H23N3O5. The van der Waals surface area contributed by atoms with Gasteiger partial charge >= 0.3 is 12.0 Å². The summed E-state index contributed by atoms with van der Waals surface area (Å²) in [5, 5.41) is 5.64. The Labute approximate surface area is 179 Å². The number of nitrogens with one attached hydrogen (secondary N) is 2. The van der Waals surface area contributed by atoms with Crippen LogP contribution in [0.5, 0.6) is 5.75 Å². The van der Waals surface area contributed by atoms with E-state index in [0.29, 0.717) is 34.9 Å². The van der Waals surface area contributed by atoms with Crippen LogP contribution in [-0.2, 0) is 14.3 Å². The Bertz CT molecular complexity index is 1080. The monoisotopic (exact) mass is 421 g/mol. The first kappa shape index (κ1) is 20.5. The van der Waals surface area contributed by atoms with E-state index in [9.17, 15) is 14.4 Å². The van der Waals surface area contributed by atoms with E-state index in [1.807, 2.05) is 44.2 Å². The highest BCUT2D eigenvalue weighted by atomic mass is 16.5. The molecule has 8 nitrogen and oxygen atoms in total. The number of aryl methyl sites for hydroxylation is 1. The van der Waals surface area contributed by atoms with E-state index in [1.54, 1.807) is 18.2 Å². The summed E-state index contributed by atoms with van der Waals surface area (Å²) in [5.41, 5.74) is 2.95. The first-order valence-corrected chi connectivity index (χ1v) is 10.0. The zero-order valence-corrected chi connectivity index (χ0v) is 17.3. The van der Waals surface area contributed by atoms with Crippen LogP contribution in [0.1, 0.15) is 24.1 Å². The average Bonchev–Trinajstić information content (AvgIpc) is 3.14. The molecule has 2 aliphatic rings. The summed E-state index contributed by atoms with van der Waals surface area (Å²) in [7, 11) is 0. The number of urea groups is 1. The van der Waals surface area contributed by atoms with Gasteiger partial charge in [-0.05, 0) is 31.5 Å². The Hall–Kier alpha value is -3.81. The van der Waals surface area contributed by atoms with Gasteiger partial charge in [-0.1, -0.05) is 36.4 Å². The lowest BCUT2D eigenvalue weighted by Crippen LogP contribution is -2.49. The number of esters is 1. The summed E-state index contributed by atoms with van der Waals surface area (Å²) in [4.78, 5) is 39.4. The van der Waals surface area contributed by atoms with Gasteiger partial charge in [0.25, 0.3) is 0 Å². The van der Waals surface area contributed by atoms with Gasteiger partial charge in [0, 0.05) is 11.3 Å². The van der Waals surface area contributed by atoms with E-state index in [-0.39, 0.29) is 19.1 Å². The molecule has 2 aromatic rings. The summed E-state index contributed by atoms with van der Waals surface area (Å²) < 4.78 is 10.9. The number of para-hydroxylation sites is 2. The van der Waals surface area contributed by atoms with Crippen LogP contribution >= 0.6 is 0 Å². The maximum atomic E-state index is 12.9. The zero-order chi connectivity index (χ0) is 22.0. The molecule has 2 heterocycles. The predicted octanol–water partition coefficient (Wildman–Crippen LogP) is 2.91. The van der Waals surface area contributed by atoms with Gasteiger partial charge in [-0.15, -0.1) is 0 Å². The van der Waals surface area contributed by atoms with Gasteiger partial charge in [-0.3, -0.25) is 9.69 Å². The molecule has 0 bridgehead atoms. The van der Waals surface area contributed by atoms with E-state index >= 15 is 0 Å². The molecule has 160 valence electrons. The Kier molecular flexibility index (Phi) is 5.62. The topological polar surface area (TPSA) is 97.0 Å². The molecule has 0 saturated carbocycles. The molecule has 4 rings (SSSR count). The third-order valence-electron chi connectivity index (χ3n) is 5.25. The van der Waals surface area contributed by atoms with Crippen LogP contribution in [0, 0.1) is 6.92 Å². The fourth-order valence-electron chi connectivity index (χ4n) is 3.76. The van der Waals surface area contributed by atoms with Crippen molar-refractivity contribution < 1.29 is 23.9 Å². The van der Waals surface area contributed by atoms with Crippen LogP contribution < -0.4 is 15.4 Å². The standard InChI is InChI=1S/C23H23N3O5/c1-3-30-18-11-7-5-9-15(18)21-20-17(13-31-22(20)28)26(23(29)25-21)12-19(27)24-16-10-6-4-8-14(16)2/h4-11,21H,3,12-13H2,1-2H3,(H,24,27)(H,25,29). The number of cyclic esters (lactones) is 1. The number of rotatable bonds is 6. The van der Waals surface area contributed by atoms with Crippen LogP contribution in [0.4, 0.5) is 10.5 Å². The average molecular weight is 421 g/mol. The molecule has 31 heavy (non-hydrogen) atoms. The Morgan fingerprint density at radius 3 is 2.71 bits per heavy atom. The summed E-state index contributed by atoms with van der Waals surface area (Å²) in [6.07, 6.45) is 0. The molecule has 2 N–H and O–H groups in total. The number of benzene rings is 2. The predicted molar refractivity (Wildman–Crippen MR) is 113 cm³/mol. The van der Waals surface area contributed by atoms with E-state index in [4.69, 9.17) is 9.47 Å². The van der Waals surface area contributed by atoms with Crippen molar-refractivity contribution >= 4 is 23.6 Å². The quantitative estimate of drug-likeness (QED) is 0.699. The summed E-state index contributed by atoms with van der Waals surface area (Å²) >= 11 is 0. The normalized spacial score (nSPS) is 17.7. The highest BCUT2D eigenvalue weighted by Gasteiger charge is 2.43. The lowest BCUT2D eigenvalue weighted by Gasteiger charge is -2.33. The van der Waals surface area contributed by atoms with Gasteiger partial charge in [0.1, 0.15) is 18.9 Å². The SMILES string of the molecule is CCOc1ccccc1C1NC(=O)N(CC(=O)Nc2ccccc2C)C2=C1C(=O)OC2. The number of nitrogens with zero attached hydrogens (tertiary/aromatic N) is 1. The van der Waals surface area contributed by atoms with Crippen LogP contribution in [0.3, 0.4) is 0 Å². The number of amides is 3. The molecular weight excluding hydrogens is 398 g/mol. The van der Waals surface area contributed by atoms with Crippen LogP contribution in [0.15, 0.2) is 59.8 Å². The van der Waals surface area contributed by atoms with Gasteiger partial charge in [0.05, 0.1) is 23.9 Å². The second kappa shape index (κ2) is 8.51. The number of hydrogen-bond donors (Lipinski definition) is 2. The molecule has 2 aliphatic heterocycles. The van der Waals surface area contributed by atoms with Crippen molar-refractivity contribution in [1.82, 2.24) is 10.2 Å². The van der Waals surface area contributed by atoms with Gasteiger partial charge in [0.15, 0.2) is 0 Å². The fraction of sp³-hybridized carbons (Fsp3) is 0.261. The minimum Gasteiger partial charge on any atom is -0.494 e. The van der Waals surface area contributed by atoms with Crippen molar-refractivity contribution in [2.75, 3.05) is 25.1 Å². The first-order valence-electron chi connectivity index (χ1n) is 10.0. The maximum absolute atomic E-state index is 12.9.